The number of nitrogens with one attached hydrogen (secondary N) is 2. The third-order valence-electron chi connectivity index (χ3n) is 4.95. The minimum absolute atomic E-state index is 0.239. The molecule has 0 aromatic rings. The van der Waals surface area contributed by atoms with Crippen LogP contribution in [0.2, 0.25) is 0 Å². The van der Waals surface area contributed by atoms with Gasteiger partial charge in [-0.2, -0.15) is 0 Å². The van der Waals surface area contributed by atoms with Crippen LogP contribution in [-0.4, -0.2) is 87.4 Å². The van der Waals surface area contributed by atoms with Crippen molar-refractivity contribution in [2.45, 2.75) is 51.8 Å². The highest BCUT2D eigenvalue weighted by Gasteiger charge is 2.29. The highest BCUT2D eigenvalue weighted by atomic mass is 16.5. The average Bonchev–Trinajstić information content (AvgIpc) is 3.38. The molecule has 0 radical (unpaired) electrons. The predicted molar refractivity (Wildman–Crippen MR) is 101 cm³/mol. The monoisotopic (exact) mass is 339 g/mol. The maximum Gasteiger partial charge on any atom is 0.191 e. The largest absolute Gasteiger partial charge is 0.374 e. The Morgan fingerprint density at radius 3 is 2.67 bits per heavy atom. The van der Waals surface area contributed by atoms with Gasteiger partial charge in [-0.15, -0.1) is 0 Å². The first-order valence-electron chi connectivity index (χ1n) is 9.50. The van der Waals surface area contributed by atoms with E-state index < -0.39 is 0 Å². The standard InChI is InChI=1S/C18H37N5O/c1-14(2)12-23-8-9-24-17(13-23)11-21-18(19-4)20-10-15(3)22(5)16-6-7-16/h14-17H,6-13H2,1-5H3,(H2,19,20,21). The van der Waals surface area contributed by atoms with Crippen LogP contribution in [0.25, 0.3) is 0 Å². The summed E-state index contributed by atoms with van der Waals surface area (Å²) < 4.78 is 5.89. The highest BCUT2D eigenvalue weighted by molar-refractivity contribution is 5.79. The van der Waals surface area contributed by atoms with Crippen molar-refractivity contribution in [1.82, 2.24) is 20.4 Å². The minimum atomic E-state index is 0.239. The maximum absolute atomic E-state index is 5.89. The summed E-state index contributed by atoms with van der Waals surface area (Å²) in [6, 6.07) is 1.31. The molecule has 0 aromatic carbocycles. The summed E-state index contributed by atoms with van der Waals surface area (Å²) in [4.78, 5) is 9.31. The molecule has 2 unspecified atom stereocenters. The fourth-order valence-corrected chi connectivity index (χ4v) is 3.25. The molecule has 2 N–H and O–H groups in total. The Morgan fingerprint density at radius 1 is 1.29 bits per heavy atom. The van der Waals surface area contributed by atoms with Crippen LogP contribution >= 0.6 is 0 Å². The number of hydrogen-bond acceptors (Lipinski definition) is 4. The fraction of sp³-hybridized carbons (Fsp3) is 0.944. The van der Waals surface area contributed by atoms with Crippen LogP contribution in [0.3, 0.4) is 0 Å². The van der Waals surface area contributed by atoms with Crippen LogP contribution in [0.4, 0.5) is 0 Å². The molecular formula is C18H37N5O. The lowest BCUT2D eigenvalue weighted by molar-refractivity contribution is -0.0284. The van der Waals surface area contributed by atoms with Gasteiger partial charge < -0.3 is 15.4 Å². The van der Waals surface area contributed by atoms with Crippen molar-refractivity contribution in [3.05, 3.63) is 0 Å². The van der Waals surface area contributed by atoms with Crippen LogP contribution in [0.5, 0.6) is 0 Å². The van der Waals surface area contributed by atoms with Crippen LogP contribution in [0.15, 0.2) is 4.99 Å². The fourth-order valence-electron chi connectivity index (χ4n) is 3.25. The highest BCUT2D eigenvalue weighted by Crippen LogP contribution is 2.26. The van der Waals surface area contributed by atoms with Gasteiger partial charge in [-0.25, -0.2) is 0 Å². The van der Waals surface area contributed by atoms with Gasteiger partial charge in [0.2, 0.25) is 0 Å². The van der Waals surface area contributed by atoms with E-state index in [0.29, 0.717) is 12.0 Å². The van der Waals surface area contributed by atoms with Crippen LogP contribution in [0.1, 0.15) is 33.6 Å². The van der Waals surface area contributed by atoms with Gasteiger partial charge in [-0.3, -0.25) is 14.8 Å². The Morgan fingerprint density at radius 2 is 2.04 bits per heavy atom. The molecule has 2 fully saturated rings. The molecular weight excluding hydrogens is 302 g/mol. The molecule has 6 heteroatoms. The average molecular weight is 340 g/mol. The molecule has 2 rings (SSSR count). The maximum atomic E-state index is 5.89. The third-order valence-corrected chi connectivity index (χ3v) is 4.95. The number of likely N-dealkylation sites (N-methyl/N-ethyl adjacent to an activating group) is 1. The summed E-state index contributed by atoms with van der Waals surface area (Å²) in [5.41, 5.74) is 0. The molecule has 0 aromatic heterocycles. The van der Waals surface area contributed by atoms with E-state index >= 15 is 0 Å². The number of guanidine groups is 1. The molecule has 140 valence electrons. The third kappa shape index (κ3) is 6.57. The normalized spacial score (nSPS) is 24.5. The van der Waals surface area contributed by atoms with Gasteiger partial charge in [0.15, 0.2) is 5.96 Å². The molecule has 1 saturated carbocycles. The first kappa shape index (κ1) is 19.5. The number of nitrogens with zero attached hydrogens (tertiary/aromatic N) is 3. The lowest BCUT2D eigenvalue weighted by Crippen LogP contribution is -2.51. The number of aliphatic imine (C=N–C) groups is 1. The Bertz CT molecular complexity index is 397. The Balaban J connectivity index is 1.67. The molecule has 2 atom stereocenters. The van der Waals surface area contributed by atoms with Crippen molar-refractivity contribution in [2.75, 3.05) is 53.4 Å². The van der Waals surface area contributed by atoms with E-state index in [1.165, 1.54) is 12.8 Å². The zero-order chi connectivity index (χ0) is 17.5. The summed E-state index contributed by atoms with van der Waals surface area (Å²) in [5, 5.41) is 6.86. The first-order chi connectivity index (χ1) is 11.5. The Labute approximate surface area is 148 Å². The van der Waals surface area contributed by atoms with E-state index in [1.54, 1.807) is 0 Å². The summed E-state index contributed by atoms with van der Waals surface area (Å²) in [6.07, 6.45) is 2.93. The van der Waals surface area contributed by atoms with Gasteiger partial charge in [0.25, 0.3) is 0 Å². The molecule has 0 bridgehead atoms. The van der Waals surface area contributed by atoms with Gasteiger partial charge in [0.05, 0.1) is 12.7 Å². The first-order valence-corrected chi connectivity index (χ1v) is 9.50. The van der Waals surface area contributed by atoms with Gasteiger partial charge in [-0.05, 0) is 32.7 Å². The summed E-state index contributed by atoms with van der Waals surface area (Å²) in [6.45, 7) is 12.6. The van der Waals surface area contributed by atoms with Crippen molar-refractivity contribution >= 4 is 5.96 Å². The molecule has 1 aliphatic heterocycles. The van der Waals surface area contributed by atoms with E-state index in [-0.39, 0.29) is 6.10 Å². The molecule has 1 aliphatic carbocycles. The number of hydrogen-bond donors (Lipinski definition) is 2. The van der Waals surface area contributed by atoms with Crippen molar-refractivity contribution in [3.8, 4) is 0 Å². The summed E-state index contributed by atoms with van der Waals surface area (Å²) in [7, 11) is 4.05. The second-order valence-corrected chi connectivity index (χ2v) is 7.73. The smallest absolute Gasteiger partial charge is 0.191 e. The topological polar surface area (TPSA) is 52.1 Å². The van der Waals surface area contributed by atoms with Crippen molar-refractivity contribution in [1.29, 1.82) is 0 Å². The van der Waals surface area contributed by atoms with Crippen molar-refractivity contribution in [2.24, 2.45) is 10.9 Å². The van der Waals surface area contributed by atoms with Crippen molar-refractivity contribution in [3.63, 3.8) is 0 Å². The second-order valence-electron chi connectivity index (χ2n) is 7.73. The SMILES string of the molecule is CN=C(NCC1CN(CC(C)C)CCO1)NCC(C)N(C)C1CC1. The second kappa shape index (κ2) is 9.59. The number of rotatable bonds is 8. The zero-order valence-corrected chi connectivity index (χ0v) is 16.2. The molecule has 1 saturated heterocycles. The van der Waals surface area contributed by atoms with Gasteiger partial charge in [0, 0.05) is 51.9 Å². The quantitative estimate of drug-likeness (QED) is 0.510. The van der Waals surface area contributed by atoms with Crippen molar-refractivity contribution < 1.29 is 4.74 Å². The molecule has 0 amide bonds. The minimum Gasteiger partial charge on any atom is -0.374 e. The van der Waals surface area contributed by atoms with Gasteiger partial charge >= 0.3 is 0 Å². The van der Waals surface area contributed by atoms with E-state index in [2.05, 4.69) is 53.2 Å². The van der Waals surface area contributed by atoms with Crippen LogP contribution in [0, 0.1) is 5.92 Å². The van der Waals surface area contributed by atoms with E-state index in [4.69, 9.17) is 4.74 Å². The molecule has 6 nitrogen and oxygen atoms in total. The lowest BCUT2D eigenvalue weighted by Gasteiger charge is -2.34. The van der Waals surface area contributed by atoms with Crippen LogP contribution in [-0.2, 0) is 4.74 Å². The number of morpholine rings is 1. The molecule has 0 spiro atoms. The van der Waals surface area contributed by atoms with Crippen LogP contribution < -0.4 is 10.6 Å². The Kier molecular flexibility index (Phi) is 7.78. The summed E-state index contributed by atoms with van der Waals surface area (Å²) in [5.74, 6) is 1.58. The number of ether oxygens (including phenoxy) is 1. The van der Waals surface area contributed by atoms with Gasteiger partial charge in [-0.1, -0.05) is 13.8 Å². The van der Waals surface area contributed by atoms with Gasteiger partial charge in [0.1, 0.15) is 0 Å². The van der Waals surface area contributed by atoms with E-state index in [1.807, 2.05) is 7.05 Å². The molecule has 2 aliphatic rings. The Hall–Kier alpha value is -0.850. The lowest BCUT2D eigenvalue weighted by atomic mass is 10.2. The molecule has 24 heavy (non-hydrogen) atoms. The van der Waals surface area contributed by atoms with E-state index in [0.717, 1.165) is 51.3 Å². The zero-order valence-electron chi connectivity index (χ0n) is 16.2. The van der Waals surface area contributed by atoms with E-state index in [9.17, 15) is 0 Å². The molecule has 1 heterocycles. The summed E-state index contributed by atoms with van der Waals surface area (Å²) >= 11 is 0. The predicted octanol–water partition coefficient (Wildman–Crippen LogP) is 0.991.